The van der Waals surface area contributed by atoms with E-state index in [1.807, 2.05) is 0 Å². The number of carbonyl (C=O) groups is 1. The Hall–Kier alpha value is -5.80. The largest absolute Gasteiger partial charge is 0.497 e. The van der Waals surface area contributed by atoms with Crippen LogP contribution < -0.4 is 19.3 Å². The number of fused-ring (bicyclic) bond motifs is 1. The number of halogens is 6. The second-order valence-corrected chi connectivity index (χ2v) is 12.6. The number of carboxylic acid groups (broad SMARTS) is 1. The Labute approximate surface area is 300 Å². The highest BCUT2D eigenvalue weighted by molar-refractivity contribution is 5.93. The summed E-state index contributed by atoms with van der Waals surface area (Å²) in [6, 6.07) is 15.3. The molecule has 0 spiro atoms. The molecule has 10 nitrogen and oxygen atoms in total. The normalized spacial score (nSPS) is 14.8. The number of piperazine rings is 1. The summed E-state index contributed by atoms with van der Waals surface area (Å²) in [6.07, 6.45) is -7.68. The van der Waals surface area contributed by atoms with E-state index in [9.17, 15) is 27.5 Å². The van der Waals surface area contributed by atoms with Crippen molar-refractivity contribution < 1.29 is 45.7 Å². The zero-order valence-corrected chi connectivity index (χ0v) is 29.0. The molecular formula is C37H34F6N6O4. The maximum absolute atomic E-state index is 16.6. The highest BCUT2D eigenvalue weighted by Crippen LogP contribution is 2.43. The molecule has 1 amide bonds. The molecule has 1 N–H and O–H groups in total. The number of hydrogen-bond acceptors (Lipinski definition) is 8. The van der Waals surface area contributed by atoms with Crippen molar-refractivity contribution in [3.8, 4) is 22.8 Å². The fraction of sp³-hybridized carbons (Fsp3) is 0.297. The van der Waals surface area contributed by atoms with Crippen molar-refractivity contribution in [3.05, 3.63) is 101 Å². The van der Waals surface area contributed by atoms with E-state index in [2.05, 4.69) is 15.0 Å². The molecule has 1 saturated heterocycles. The van der Waals surface area contributed by atoms with Crippen LogP contribution >= 0.6 is 0 Å². The summed E-state index contributed by atoms with van der Waals surface area (Å²) in [5.41, 5.74) is -3.20. The fourth-order valence-electron chi connectivity index (χ4n) is 6.51. The molecule has 0 unspecified atom stereocenters. The van der Waals surface area contributed by atoms with Crippen LogP contribution in [0, 0.1) is 24.6 Å². The Balaban J connectivity index is 1.51. The summed E-state index contributed by atoms with van der Waals surface area (Å²) in [6.45, 7) is 3.04. The zero-order chi connectivity index (χ0) is 38.2. The van der Waals surface area contributed by atoms with E-state index in [0.29, 0.717) is 11.5 Å². The number of nitrogens with zero attached hydrogens (tertiary/aromatic N) is 6. The molecule has 1 aliphatic heterocycles. The first-order valence-corrected chi connectivity index (χ1v) is 16.4. The Kier molecular flexibility index (Phi) is 10.2. The van der Waals surface area contributed by atoms with E-state index in [4.69, 9.17) is 9.47 Å². The van der Waals surface area contributed by atoms with E-state index < -0.39 is 58.4 Å². The second-order valence-electron chi connectivity index (χ2n) is 12.6. The molecule has 1 aliphatic rings. The van der Waals surface area contributed by atoms with Crippen molar-refractivity contribution >= 4 is 28.6 Å². The summed E-state index contributed by atoms with van der Waals surface area (Å²) in [7, 11) is 3.02. The Bertz CT molecular complexity index is 2100. The van der Waals surface area contributed by atoms with Crippen molar-refractivity contribution in [1.29, 1.82) is 0 Å². The van der Waals surface area contributed by atoms with Gasteiger partial charge in [-0.25, -0.2) is 18.6 Å². The van der Waals surface area contributed by atoms with Crippen molar-refractivity contribution in [3.63, 3.8) is 0 Å². The Morgan fingerprint density at radius 2 is 1.49 bits per heavy atom. The number of amides is 1. The molecule has 3 aromatic carbocycles. The number of pyridine rings is 1. The lowest BCUT2D eigenvalue weighted by Gasteiger charge is -2.39. The number of aryl methyl sites for hydroxylation is 1. The van der Waals surface area contributed by atoms with E-state index >= 15 is 8.78 Å². The molecule has 0 aliphatic carbocycles. The van der Waals surface area contributed by atoms with Gasteiger partial charge in [0.2, 0.25) is 0 Å². The Morgan fingerprint density at radius 3 is 2.00 bits per heavy atom. The SMILES string of the molecule is COc1ccc(CN(Cc2ccc(OC)cc2)c2cc(C)c(C(F)(F)F)c(-c3c(F)cc4c(N5CCN(C(=O)O)C[C@@H]5C)nc(F)nc4c3F)n2)cc1. The topological polar surface area (TPSA) is 104 Å². The van der Waals surface area contributed by atoms with Gasteiger partial charge in [0.1, 0.15) is 34.5 Å². The zero-order valence-electron chi connectivity index (χ0n) is 29.0. The van der Waals surface area contributed by atoms with Crippen LogP contribution in [0.1, 0.15) is 29.2 Å². The molecule has 278 valence electrons. The molecule has 2 aromatic heterocycles. The van der Waals surface area contributed by atoms with Crippen LogP contribution in [-0.2, 0) is 19.3 Å². The highest BCUT2D eigenvalue weighted by Gasteiger charge is 2.39. The number of ether oxygens (including phenoxy) is 2. The van der Waals surface area contributed by atoms with Crippen LogP contribution in [0.25, 0.3) is 22.2 Å². The van der Waals surface area contributed by atoms with Gasteiger partial charge in [-0.15, -0.1) is 0 Å². The molecule has 0 radical (unpaired) electrons. The van der Waals surface area contributed by atoms with Crippen molar-refractivity contribution in [1.82, 2.24) is 19.9 Å². The van der Waals surface area contributed by atoms with Crippen molar-refractivity contribution in [2.24, 2.45) is 0 Å². The van der Waals surface area contributed by atoms with Gasteiger partial charge in [0, 0.05) is 44.2 Å². The third kappa shape index (κ3) is 7.57. The first-order valence-electron chi connectivity index (χ1n) is 16.4. The third-order valence-electron chi connectivity index (χ3n) is 9.12. The summed E-state index contributed by atoms with van der Waals surface area (Å²) in [4.78, 5) is 27.4. The quantitative estimate of drug-likeness (QED) is 0.120. The number of rotatable bonds is 9. The molecule has 3 heterocycles. The van der Waals surface area contributed by atoms with E-state index in [-0.39, 0.29) is 55.3 Å². The van der Waals surface area contributed by atoms with Gasteiger partial charge >= 0.3 is 18.3 Å². The maximum Gasteiger partial charge on any atom is 0.418 e. The molecule has 5 aromatic rings. The van der Waals surface area contributed by atoms with Gasteiger partial charge in [-0.2, -0.15) is 27.5 Å². The summed E-state index contributed by atoms with van der Waals surface area (Å²) >= 11 is 0. The highest BCUT2D eigenvalue weighted by atomic mass is 19.4. The molecule has 1 atom stereocenters. The van der Waals surface area contributed by atoms with Crippen molar-refractivity contribution in [2.45, 2.75) is 39.2 Å². The minimum Gasteiger partial charge on any atom is -0.497 e. The maximum atomic E-state index is 16.6. The first-order chi connectivity index (χ1) is 25.2. The number of hydrogen-bond donors (Lipinski definition) is 1. The average Bonchev–Trinajstić information content (AvgIpc) is 3.11. The fourth-order valence-corrected chi connectivity index (χ4v) is 6.51. The number of benzene rings is 3. The van der Waals surface area contributed by atoms with Gasteiger partial charge in [0.15, 0.2) is 5.82 Å². The molecule has 0 bridgehead atoms. The minimum absolute atomic E-state index is 0.00323. The lowest BCUT2D eigenvalue weighted by atomic mass is 9.98. The van der Waals surface area contributed by atoms with Gasteiger partial charge in [-0.1, -0.05) is 24.3 Å². The Morgan fingerprint density at radius 1 is 0.906 bits per heavy atom. The first kappa shape index (κ1) is 37.0. The van der Waals surface area contributed by atoms with Crippen LogP contribution in [0.15, 0.2) is 60.7 Å². The van der Waals surface area contributed by atoms with Crippen LogP contribution in [0.3, 0.4) is 0 Å². The van der Waals surface area contributed by atoms with Crippen LogP contribution in [-0.4, -0.2) is 70.9 Å². The molecule has 6 rings (SSSR count). The molecular weight excluding hydrogens is 706 g/mol. The number of aromatic nitrogens is 3. The summed E-state index contributed by atoms with van der Waals surface area (Å²) < 4.78 is 103. The number of anilines is 2. The summed E-state index contributed by atoms with van der Waals surface area (Å²) in [5.74, 6) is -2.04. The van der Waals surface area contributed by atoms with Crippen molar-refractivity contribution in [2.75, 3.05) is 43.7 Å². The number of alkyl halides is 3. The van der Waals surface area contributed by atoms with E-state index in [0.717, 1.165) is 22.1 Å². The molecule has 1 fully saturated rings. The van der Waals surface area contributed by atoms with E-state index in [1.165, 1.54) is 32.1 Å². The monoisotopic (exact) mass is 740 g/mol. The molecule has 16 heteroatoms. The second kappa shape index (κ2) is 14.7. The van der Waals surface area contributed by atoms with Crippen LogP contribution in [0.2, 0.25) is 0 Å². The van der Waals surface area contributed by atoms with Crippen LogP contribution in [0.4, 0.5) is 42.8 Å². The van der Waals surface area contributed by atoms with Gasteiger partial charge in [-0.05, 0) is 66.9 Å². The van der Waals surface area contributed by atoms with Gasteiger partial charge in [-0.3, -0.25) is 0 Å². The summed E-state index contributed by atoms with van der Waals surface area (Å²) in [5, 5.41) is 9.10. The van der Waals surface area contributed by atoms with Gasteiger partial charge in [0.05, 0.1) is 31.0 Å². The standard InChI is InChI=1S/C37H34F6N6O4/c1-20-15-28(48(18-22-5-9-24(52-3)10-6-22)19-23-7-11-25(53-4)12-8-23)44-33(30(20)37(41,42)43)29-27(38)16-26-32(31(29)39)45-35(40)46-34(26)49-14-13-47(36(50)51)17-21(49)2/h5-12,15-16,21H,13-14,17-19H2,1-4H3,(H,50,51)/t21-/m0/s1. The van der Waals surface area contributed by atoms with E-state index in [1.54, 1.807) is 60.4 Å². The molecule has 53 heavy (non-hydrogen) atoms. The average molecular weight is 741 g/mol. The van der Waals surface area contributed by atoms with Gasteiger partial charge in [0.25, 0.3) is 0 Å². The minimum atomic E-state index is -5.10. The van der Waals surface area contributed by atoms with Gasteiger partial charge < -0.3 is 29.3 Å². The smallest absolute Gasteiger partial charge is 0.418 e. The predicted molar refractivity (Wildman–Crippen MR) is 185 cm³/mol. The lowest BCUT2D eigenvalue weighted by molar-refractivity contribution is -0.137. The molecule has 0 saturated carbocycles. The number of methoxy groups -OCH3 is 2. The third-order valence-corrected chi connectivity index (χ3v) is 9.12. The lowest BCUT2D eigenvalue weighted by Crippen LogP contribution is -2.53. The predicted octanol–water partition coefficient (Wildman–Crippen LogP) is 7.85. The van der Waals surface area contributed by atoms with Crippen LogP contribution in [0.5, 0.6) is 11.5 Å².